The Morgan fingerprint density at radius 2 is 2.00 bits per heavy atom. The van der Waals surface area contributed by atoms with Gasteiger partial charge in [-0.25, -0.2) is 4.99 Å². The van der Waals surface area contributed by atoms with Crippen molar-refractivity contribution in [3.63, 3.8) is 0 Å². The molecule has 1 aliphatic rings. The first-order valence-corrected chi connectivity index (χ1v) is 10.00. The van der Waals surface area contributed by atoms with Crippen LogP contribution >= 0.6 is 0 Å². The monoisotopic (exact) mass is 360 g/mol. The molecule has 1 aromatic carbocycles. The van der Waals surface area contributed by atoms with Crippen molar-refractivity contribution >= 4 is 5.96 Å². The molecule has 0 amide bonds. The van der Waals surface area contributed by atoms with Gasteiger partial charge in [-0.15, -0.1) is 0 Å². The molecule has 5 heteroatoms. The third kappa shape index (κ3) is 6.87. The second-order valence-electron chi connectivity index (χ2n) is 7.51. The Bertz CT molecular complexity index is 565. The van der Waals surface area contributed by atoms with Crippen molar-refractivity contribution in [1.82, 2.24) is 15.5 Å². The fraction of sp³-hybridized carbons (Fsp3) is 0.667. The van der Waals surface area contributed by atoms with Crippen LogP contribution < -0.4 is 15.4 Å². The SMILES string of the molecule is CCNC(=NCC(C)Oc1cccc(C)c1)NC1CCN(C(C)C)CC1. The Labute approximate surface area is 159 Å². The Kier molecular flexibility index (Phi) is 8.23. The molecule has 26 heavy (non-hydrogen) atoms. The molecule has 0 aliphatic carbocycles. The molecule has 1 aliphatic heterocycles. The lowest BCUT2D eigenvalue weighted by Crippen LogP contribution is -2.50. The normalized spacial score (nSPS) is 18.0. The van der Waals surface area contributed by atoms with E-state index in [-0.39, 0.29) is 6.10 Å². The Morgan fingerprint density at radius 3 is 2.62 bits per heavy atom. The smallest absolute Gasteiger partial charge is 0.191 e. The van der Waals surface area contributed by atoms with Crippen LogP contribution in [-0.2, 0) is 0 Å². The highest BCUT2D eigenvalue weighted by Crippen LogP contribution is 2.15. The number of piperidine rings is 1. The summed E-state index contributed by atoms with van der Waals surface area (Å²) in [6, 6.07) is 9.29. The zero-order valence-electron chi connectivity index (χ0n) is 17.1. The van der Waals surface area contributed by atoms with Gasteiger partial charge in [-0.05, 0) is 65.2 Å². The predicted molar refractivity (Wildman–Crippen MR) is 110 cm³/mol. The summed E-state index contributed by atoms with van der Waals surface area (Å²) in [5.74, 6) is 1.81. The van der Waals surface area contributed by atoms with Gasteiger partial charge in [-0.1, -0.05) is 12.1 Å². The zero-order valence-corrected chi connectivity index (χ0v) is 17.1. The summed E-state index contributed by atoms with van der Waals surface area (Å²) in [5, 5.41) is 6.96. The minimum Gasteiger partial charge on any atom is -0.489 e. The number of aliphatic imine (C=N–C) groups is 1. The number of nitrogens with one attached hydrogen (secondary N) is 2. The molecule has 1 heterocycles. The average molecular weight is 361 g/mol. The molecule has 0 radical (unpaired) electrons. The molecule has 1 aromatic rings. The maximum absolute atomic E-state index is 5.98. The van der Waals surface area contributed by atoms with E-state index < -0.39 is 0 Å². The molecular formula is C21H36N4O. The minimum atomic E-state index is 0.0371. The highest BCUT2D eigenvalue weighted by atomic mass is 16.5. The fourth-order valence-corrected chi connectivity index (χ4v) is 3.25. The number of hydrogen-bond donors (Lipinski definition) is 2. The van der Waals surface area contributed by atoms with E-state index in [1.165, 1.54) is 5.56 Å². The number of likely N-dealkylation sites (tertiary alicyclic amines) is 1. The van der Waals surface area contributed by atoms with Gasteiger partial charge in [0, 0.05) is 31.7 Å². The van der Waals surface area contributed by atoms with Crippen LogP contribution in [0.3, 0.4) is 0 Å². The van der Waals surface area contributed by atoms with Crippen LogP contribution in [0, 0.1) is 6.92 Å². The van der Waals surface area contributed by atoms with Gasteiger partial charge in [0.05, 0.1) is 6.54 Å². The van der Waals surface area contributed by atoms with Crippen molar-refractivity contribution in [3.8, 4) is 5.75 Å². The third-order valence-electron chi connectivity index (χ3n) is 4.78. The molecule has 2 rings (SSSR count). The van der Waals surface area contributed by atoms with Crippen LogP contribution in [0.5, 0.6) is 5.75 Å². The van der Waals surface area contributed by atoms with Crippen molar-refractivity contribution in [3.05, 3.63) is 29.8 Å². The first-order valence-electron chi connectivity index (χ1n) is 10.00. The molecule has 0 spiro atoms. The summed E-state index contributed by atoms with van der Waals surface area (Å²) in [7, 11) is 0. The predicted octanol–water partition coefficient (Wildman–Crippen LogP) is 3.19. The summed E-state index contributed by atoms with van der Waals surface area (Å²) in [4.78, 5) is 7.28. The van der Waals surface area contributed by atoms with Gasteiger partial charge in [0.1, 0.15) is 11.9 Å². The standard InChI is InChI=1S/C21H36N4O/c1-6-22-21(24-19-10-12-25(13-11-19)16(2)3)23-15-18(5)26-20-9-7-8-17(4)14-20/h7-9,14,16,18-19H,6,10-13,15H2,1-5H3,(H2,22,23,24). The highest BCUT2D eigenvalue weighted by molar-refractivity contribution is 5.80. The Morgan fingerprint density at radius 1 is 1.27 bits per heavy atom. The van der Waals surface area contributed by atoms with Crippen LogP contribution in [0.2, 0.25) is 0 Å². The molecular weight excluding hydrogens is 324 g/mol. The van der Waals surface area contributed by atoms with E-state index in [1.54, 1.807) is 0 Å². The van der Waals surface area contributed by atoms with Crippen molar-refractivity contribution < 1.29 is 4.74 Å². The number of rotatable bonds is 7. The maximum atomic E-state index is 5.98. The second kappa shape index (κ2) is 10.4. The molecule has 0 aromatic heterocycles. The summed E-state index contributed by atoms with van der Waals surface area (Å²) >= 11 is 0. The van der Waals surface area contributed by atoms with E-state index in [9.17, 15) is 0 Å². The molecule has 146 valence electrons. The lowest BCUT2D eigenvalue weighted by molar-refractivity contribution is 0.167. The van der Waals surface area contributed by atoms with Crippen LogP contribution in [0.1, 0.15) is 46.1 Å². The number of ether oxygens (including phenoxy) is 1. The van der Waals surface area contributed by atoms with E-state index in [0.717, 1.165) is 44.2 Å². The maximum Gasteiger partial charge on any atom is 0.191 e. The second-order valence-corrected chi connectivity index (χ2v) is 7.51. The van der Waals surface area contributed by atoms with E-state index in [1.807, 2.05) is 12.1 Å². The highest BCUT2D eigenvalue weighted by Gasteiger charge is 2.21. The summed E-state index contributed by atoms with van der Waals surface area (Å²) in [5.41, 5.74) is 1.21. The fourth-order valence-electron chi connectivity index (χ4n) is 3.25. The number of nitrogens with zero attached hydrogens (tertiary/aromatic N) is 2. The lowest BCUT2D eigenvalue weighted by atomic mass is 10.0. The van der Waals surface area contributed by atoms with Crippen LogP contribution in [0.15, 0.2) is 29.3 Å². The third-order valence-corrected chi connectivity index (χ3v) is 4.78. The van der Waals surface area contributed by atoms with E-state index in [2.05, 4.69) is 62.3 Å². The van der Waals surface area contributed by atoms with Gasteiger partial charge in [-0.2, -0.15) is 0 Å². The quantitative estimate of drug-likeness (QED) is 0.579. The molecule has 1 fully saturated rings. The van der Waals surface area contributed by atoms with Gasteiger partial charge >= 0.3 is 0 Å². The van der Waals surface area contributed by atoms with Gasteiger partial charge in [-0.3, -0.25) is 0 Å². The van der Waals surface area contributed by atoms with Crippen molar-refractivity contribution in [2.75, 3.05) is 26.2 Å². The van der Waals surface area contributed by atoms with Gasteiger partial charge in [0.15, 0.2) is 5.96 Å². The number of guanidine groups is 1. The minimum absolute atomic E-state index is 0.0371. The van der Waals surface area contributed by atoms with Crippen LogP contribution in [-0.4, -0.2) is 55.2 Å². The zero-order chi connectivity index (χ0) is 18.9. The molecule has 1 atom stereocenters. The summed E-state index contributed by atoms with van der Waals surface area (Å²) < 4.78 is 5.98. The number of hydrogen-bond acceptors (Lipinski definition) is 3. The lowest BCUT2D eigenvalue weighted by Gasteiger charge is -2.35. The van der Waals surface area contributed by atoms with Crippen molar-refractivity contribution in [2.45, 2.75) is 65.6 Å². The molecule has 5 nitrogen and oxygen atoms in total. The molecule has 0 saturated carbocycles. The molecule has 1 saturated heterocycles. The first kappa shape index (κ1) is 20.6. The Hall–Kier alpha value is -1.75. The first-order chi connectivity index (χ1) is 12.5. The van der Waals surface area contributed by atoms with Crippen molar-refractivity contribution in [2.24, 2.45) is 4.99 Å². The van der Waals surface area contributed by atoms with Crippen LogP contribution in [0.4, 0.5) is 0 Å². The molecule has 2 N–H and O–H groups in total. The van der Waals surface area contributed by atoms with E-state index in [4.69, 9.17) is 9.73 Å². The largest absolute Gasteiger partial charge is 0.489 e. The number of aryl methyl sites for hydroxylation is 1. The van der Waals surface area contributed by atoms with Gasteiger partial charge in [0.2, 0.25) is 0 Å². The van der Waals surface area contributed by atoms with Gasteiger partial charge < -0.3 is 20.3 Å². The Balaban J connectivity index is 1.84. The average Bonchev–Trinajstić information content (AvgIpc) is 2.60. The molecule has 1 unspecified atom stereocenters. The summed E-state index contributed by atoms with van der Waals surface area (Å²) in [6.07, 6.45) is 2.37. The van der Waals surface area contributed by atoms with Crippen LogP contribution in [0.25, 0.3) is 0 Å². The van der Waals surface area contributed by atoms with E-state index in [0.29, 0.717) is 18.6 Å². The van der Waals surface area contributed by atoms with E-state index >= 15 is 0 Å². The van der Waals surface area contributed by atoms with Gasteiger partial charge in [0.25, 0.3) is 0 Å². The number of benzene rings is 1. The molecule has 0 bridgehead atoms. The van der Waals surface area contributed by atoms with Crippen molar-refractivity contribution in [1.29, 1.82) is 0 Å². The topological polar surface area (TPSA) is 48.9 Å². The summed E-state index contributed by atoms with van der Waals surface area (Å²) in [6.45, 7) is 14.6.